The molecule has 1 aromatic carbocycles. The molecule has 2 N–H and O–H groups in total. The summed E-state index contributed by atoms with van der Waals surface area (Å²) in [7, 11) is 1.30. The Balaban J connectivity index is 1.73. The van der Waals surface area contributed by atoms with Gasteiger partial charge in [0.2, 0.25) is 5.91 Å². The van der Waals surface area contributed by atoms with E-state index in [2.05, 4.69) is 0 Å². The molecule has 132 valence electrons. The van der Waals surface area contributed by atoms with Crippen LogP contribution in [0.15, 0.2) is 30.3 Å². The summed E-state index contributed by atoms with van der Waals surface area (Å²) in [6, 6.07) is 9.25. The van der Waals surface area contributed by atoms with E-state index in [4.69, 9.17) is 19.9 Å². The predicted molar refractivity (Wildman–Crippen MR) is 87.0 cm³/mol. The quantitative estimate of drug-likeness (QED) is 0.543. The summed E-state index contributed by atoms with van der Waals surface area (Å²) in [5.41, 5.74) is 6.49. The van der Waals surface area contributed by atoms with Crippen molar-refractivity contribution >= 4 is 11.9 Å². The first-order chi connectivity index (χ1) is 11.7. The Labute approximate surface area is 141 Å². The molecule has 1 saturated heterocycles. The Morgan fingerprint density at radius 2 is 2.00 bits per heavy atom. The molecule has 1 aliphatic heterocycles. The first kappa shape index (κ1) is 18.4. The van der Waals surface area contributed by atoms with E-state index in [0.29, 0.717) is 32.8 Å². The number of esters is 1. The van der Waals surface area contributed by atoms with Gasteiger partial charge in [-0.25, -0.2) is 4.79 Å². The predicted octanol–water partition coefficient (Wildman–Crippen LogP) is 0.321. The van der Waals surface area contributed by atoms with Gasteiger partial charge >= 0.3 is 5.97 Å². The van der Waals surface area contributed by atoms with Gasteiger partial charge in [0, 0.05) is 13.0 Å². The smallest absolute Gasteiger partial charge is 0.328 e. The maximum Gasteiger partial charge on any atom is 0.328 e. The third-order valence-electron chi connectivity index (χ3n) is 3.92. The van der Waals surface area contributed by atoms with Crippen molar-refractivity contribution in [1.29, 1.82) is 0 Å². The van der Waals surface area contributed by atoms with Crippen molar-refractivity contribution in [2.75, 3.05) is 33.4 Å². The van der Waals surface area contributed by atoms with Gasteiger partial charge in [-0.3, -0.25) is 4.79 Å². The van der Waals surface area contributed by atoms with Gasteiger partial charge < -0.3 is 24.8 Å². The maximum absolute atomic E-state index is 11.8. The van der Waals surface area contributed by atoms with Crippen molar-refractivity contribution in [2.24, 2.45) is 5.73 Å². The minimum atomic E-state index is -0.624. The van der Waals surface area contributed by atoms with Crippen molar-refractivity contribution < 1.29 is 23.8 Å². The summed E-state index contributed by atoms with van der Waals surface area (Å²) in [4.78, 5) is 25.1. The highest BCUT2D eigenvalue weighted by atomic mass is 16.5. The van der Waals surface area contributed by atoms with Crippen molar-refractivity contribution in [2.45, 2.75) is 25.2 Å². The zero-order chi connectivity index (χ0) is 17.4. The minimum Gasteiger partial charge on any atom is -0.467 e. The van der Waals surface area contributed by atoms with E-state index < -0.39 is 12.0 Å². The number of carbonyl (C=O) groups excluding carboxylic acids is 2. The fourth-order valence-corrected chi connectivity index (χ4v) is 2.71. The first-order valence-electron chi connectivity index (χ1n) is 7.96. The highest BCUT2D eigenvalue weighted by Gasteiger charge is 2.40. The van der Waals surface area contributed by atoms with Gasteiger partial charge in [-0.15, -0.1) is 0 Å². The van der Waals surface area contributed by atoms with Gasteiger partial charge in [0.05, 0.1) is 39.6 Å². The number of rotatable bonds is 8. The molecule has 0 saturated carbocycles. The van der Waals surface area contributed by atoms with Crippen LogP contribution in [-0.2, 0) is 30.4 Å². The molecule has 0 unspecified atom stereocenters. The Hall–Kier alpha value is -1.96. The third-order valence-corrected chi connectivity index (χ3v) is 3.92. The average molecular weight is 336 g/mol. The number of nitrogens with two attached hydrogens (primary N) is 1. The van der Waals surface area contributed by atoms with E-state index in [-0.39, 0.29) is 18.6 Å². The van der Waals surface area contributed by atoms with E-state index in [1.807, 2.05) is 30.3 Å². The van der Waals surface area contributed by atoms with Crippen molar-refractivity contribution in [1.82, 2.24) is 4.90 Å². The molecule has 1 fully saturated rings. The molecule has 0 spiro atoms. The van der Waals surface area contributed by atoms with Crippen molar-refractivity contribution in [3.05, 3.63) is 35.9 Å². The summed E-state index contributed by atoms with van der Waals surface area (Å²) in [5, 5.41) is 0. The van der Waals surface area contributed by atoms with E-state index in [0.717, 1.165) is 5.56 Å². The molecule has 1 aromatic rings. The van der Waals surface area contributed by atoms with Crippen LogP contribution in [0.25, 0.3) is 0 Å². The lowest BCUT2D eigenvalue weighted by molar-refractivity contribution is -0.150. The van der Waals surface area contributed by atoms with Gasteiger partial charge in [-0.2, -0.15) is 0 Å². The largest absolute Gasteiger partial charge is 0.467 e. The Kier molecular flexibility index (Phi) is 7.17. The monoisotopic (exact) mass is 336 g/mol. The van der Waals surface area contributed by atoms with Crippen LogP contribution < -0.4 is 5.73 Å². The van der Waals surface area contributed by atoms with Crippen LogP contribution in [0.4, 0.5) is 0 Å². The number of benzene rings is 1. The topological polar surface area (TPSA) is 91.1 Å². The minimum absolute atomic E-state index is 0.138. The number of methoxy groups -OCH3 is 1. The molecule has 1 aliphatic rings. The SMILES string of the molecule is COC(=O)[C@@H]1C[C@@H](OCCOCc2ccccc2)CN1C(=O)CN. The fourth-order valence-electron chi connectivity index (χ4n) is 2.71. The maximum atomic E-state index is 11.8. The van der Waals surface area contributed by atoms with E-state index in [9.17, 15) is 9.59 Å². The second kappa shape index (κ2) is 9.36. The number of amides is 1. The normalized spacial score (nSPS) is 20.2. The first-order valence-corrected chi connectivity index (χ1v) is 7.96. The van der Waals surface area contributed by atoms with Gasteiger partial charge in [-0.1, -0.05) is 30.3 Å². The summed E-state index contributed by atoms with van der Waals surface area (Å²) in [6.07, 6.45) is 0.196. The number of hydrogen-bond acceptors (Lipinski definition) is 6. The zero-order valence-electron chi connectivity index (χ0n) is 13.8. The molecule has 0 aliphatic carbocycles. The molecule has 7 nitrogen and oxygen atoms in total. The Morgan fingerprint density at radius 3 is 2.67 bits per heavy atom. The Bertz CT molecular complexity index is 513. The van der Waals surface area contributed by atoms with Gasteiger partial charge in [-0.05, 0) is 5.56 Å². The van der Waals surface area contributed by atoms with Crippen LogP contribution >= 0.6 is 0 Å². The highest BCUT2D eigenvalue weighted by molar-refractivity contribution is 5.86. The Morgan fingerprint density at radius 1 is 1.25 bits per heavy atom. The molecule has 2 atom stereocenters. The standard InChI is InChI=1S/C17H24N2O5/c1-22-17(21)15-9-14(11-19(15)16(20)10-18)24-8-7-23-12-13-5-3-2-4-6-13/h2-6,14-15H,7-12,18H2,1H3/t14-,15+/m1/s1. The van der Waals surface area contributed by atoms with Crippen LogP contribution in [0.5, 0.6) is 0 Å². The number of likely N-dealkylation sites (tertiary alicyclic amines) is 1. The number of carbonyl (C=O) groups is 2. The molecule has 2 rings (SSSR count). The van der Waals surface area contributed by atoms with Gasteiger partial charge in [0.1, 0.15) is 6.04 Å². The van der Waals surface area contributed by atoms with Crippen LogP contribution in [0.2, 0.25) is 0 Å². The summed E-state index contributed by atoms with van der Waals surface area (Å²) < 4.78 is 16.0. The average Bonchev–Trinajstić information content (AvgIpc) is 3.05. The number of ether oxygens (including phenoxy) is 3. The summed E-state index contributed by atoms with van der Waals surface area (Å²) in [5.74, 6) is -0.722. The second-order valence-electron chi connectivity index (χ2n) is 5.56. The summed E-state index contributed by atoms with van der Waals surface area (Å²) >= 11 is 0. The van der Waals surface area contributed by atoms with Gasteiger partial charge in [0.15, 0.2) is 0 Å². The molecule has 7 heteroatoms. The van der Waals surface area contributed by atoms with Crippen LogP contribution in [0, 0.1) is 0 Å². The molecule has 1 amide bonds. The van der Waals surface area contributed by atoms with E-state index in [1.165, 1.54) is 12.0 Å². The lowest BCUT2D eigenvalue weighted by Crippen LogP contribution is -2.44. The number of hydrogen-bond donors (Lipinski definition) is 1. The molecule has 1 heterocycles. The molecule has 0 radical (unpaired) electrons. The summed E-state index contributed by atoms with van der Waals surface area (Å²) in [6.45, 7) is 1.57. The molecule has 24 heavy (non-hydrogen) atoms. The number of nitrogens with zero attached hydrogens (tertiary/aromatic N) is 1. The molecular weight excluding hydrogens is 312 g/mol. The van der Waals surface area contributed by atoms with E-state index >= 15 is 0 Å². The lowest BCUT2D eigenvalue weighted by Gasteiger charge is -2.21. The lowest BCUT2D eigenvalue weighted by atomic mass is 10.2. The van der Waals surface area contributed by atoms with Crippen LogP contribution in [-0.4, -0.2) is 62.3 Å². The molecule has 0 bridgehead atoms. The van der Waals surface area contributed by atoms with Crippen LogP contribution in [0.1, 0.15) is 12.0 Å². The highest BCUT2D eigenvalue weighted by Crippen LogP contribution is 2.21. The molecular formula is C17H24N2O5. The zero-order valence-corrected chi connectivity index (χ0v) is 13.8. The van der Waals surface area contributed by atoms with Crippen LogP contribution in [0.3, 0.4) is 0 Å². The van der Waals surface area contributed by atoms with Crippen molar-refractivity contribution in [3.63, 3.8) is 0 Å². The van der Waals surface area contributed by atoms with Gasteiger partial charge in [0.25, 0.3) is 0 Å². The fraction of sp³-hybridized carbons (Fsp3) is 0.529. The third kappa shape index (κ3) is 5.02. The van der Waals surface area contributed by atoms with Crippen molar-refractivity contribution in [3.8, 4) is 0 Å². The second-order valence-corrected chi connectivity index (χ2v) is 5.56. The van der Waals surface area contributed by atoms with E-state index in [1.54, 1.807) is 0 Å². The molecule has 0 aromatic heterocycles.